The molecule has 0 saturated carbocycles. The van der Waals surface area contributed by atoms with E-state index in [0.29, 0.717) is 0 Å². The molecule has 1 atom stereocenters. The number of anilines is 2. The van der Waals surface area contributed by atoms with Gasteiger partial charge >= 0.3 is 0 Å². The Labute approximate surface area is 161 Å². The highest BCUT2D eigenvalue weighted by atomic mass is 16.3. The normalized spacial score (nSPS) is 17.5. The smallest absolute Gasteiger partial charge is 0.290 e. The molecule has 1 aromatic carbocycles. The molecule has 0 bridgehead atoms. The number of nitrogens with zero attached hydrogens (tertiary/aromatic N) is 2. The second-order valence-electron chi connectivity index (χ2n) is 7.01. The fraction of sp³-hybridized carbons (Fsp3) is 0.350. The summed E-state index contributed by atoms with van der Waals surface area (Å²) >= 11 is 0. The van der Waals surface area contributed by atoms with Gasteiger partial charge < -0.3 is 20.7 Å². The van der Waals surface area contributed by atoms with Crippen molar-refractivity contribution in [2.24, 2.45) is 0 Å². The summed E-state index contributed by atoms with van der Waals surface area (Å²) in [6.07, 6.45) is 5.76. The predicted octanol–water partition coefficient (Wildman–Crippen LogP) is 2.94. The van der Waals surface area contributed by atoms with Crippen LogP contribution in [0.4, 0.5) is 11.5 Å². The number of carbonyl (C=O) groups is 2. The highest BCUT2D eigenvalue weighted by Gasteiger charge is 2.30. The SMILES string of the molecule is O=C(Nc1cnn2c1NCCC2)C1CCCc2c1[nH]c1ccccc21.O=CO. The number of rotatable bonds is 2. The average molecular weight is 381 g/mol. The van der Waals surface area contributed by atoms with Crippen molar-refractivity contribution in [3.63, 3.8) is 0 Å². The maximum atomic E-state index is 13.0. The van der Waals surface area contributed by atoms with E-state index in [1.807, 2.05) is 10.7 Å². The van der Waals surface area contributed by atoms with Crippen LogP contribution in [0.2, 0.25) is 0 Å². The number of carbonyl (C=O) groups excluding carboxylic acids is 1. The minimum absolute atomic E-state index is 0.0516. The van der Waals surface area contributed by atoms with Crippen LogP contribution < -0.4 is 10.6 Å². The van der Waals surface area contributed by atoms with Crippen molar-refractivity contribution in [2.75, 3.05) is 17.2 Å². The number of hydrogen-bond acceptors (Lipinski definition) is 4. The molecule has 0 spiro atoms. The zero-order chi connectivity index (χ0) is 19.5. The topological polar surface area (TPSA) is 112 Å². The van der Waals surface area contributed by atoms with Gasteiger partial charge in [-0.1, -0.05) is 18.2 Å². The first-order chi connectivity index (χ1) is 13.7. The number of aromatic nitrogens is 3. The number of H-pyrrole nitrogens is 1. The standard InChI is InChI=1S/C19H21N5O.CH2O2/c25-19(23-16-11-21-24-10-4-9-20-18(16)24)14-7-3-6-13-12-5-1-2-8-15(12)22-17(13)14;2-1-3/h1-2,5,8,11,14,20,22H,3-4,6-7,9-10H2,(H,23,25);1H,(H,2,3). The molecule has 3 heterocycles. The molecule has 2 aliphatic rings. The Hall–Kier alpha value is -3.29. The third-order valence-corrected chi connectivity index (χ3v) is 5.37. The molecule has 0 radical (unpaired) electrons. The molecule has 1 unspecified atom stereocenters. The van der Waals surface area contributed by atoms with Gasteiger partial charge in [0.15, 0.2) is 0 Å². The molecule has 3 aromatic rings. The molecule has 1 aliphatic heterocycles. The molecule has 4 N–H and O–H groups in total. The molecule has 8 heteroatoms. The maximum absolute atomic E-state index is 13.0. The van der Waals surface area contributed by atoms with E-state index in [1.54, 1.807) is 6.20 Å². The Morgan fingerprint density at radius 1 is 1.32 bits per heavy atom. The molecule has 146 valence electrons. The minimum atomic E-state index is -0.250. The molecule has 1 amide bonds. The van der Waals surface area contributed by atoms with Crippen LogP contribution in [-0.2, 0) is 22.6 Å². The van der Waals surface area contributed by atoms with Crippen LogP contribution in [0.3, 0.4) is 0 Å². The van der Waals surface area contributed by atoms with Crippen LogP contribution in [0.5, 0.6) is 0 Å². The predicted molar refractivity (Wildman–Crippen MR) is 107 cm³/mol. The Bertz CT molecular complexity index is 1010. The van der Waals surface area contributed by atoms with Gasteiger partial charge in [-0.25, -0.2) is 4.68 Å². The first-order valence-electron chi connectivity index (χ1n) is 9.50. The zero-order valence-electron chi connectivity index (χ0n) is 15.4. The van der Waals surface area contributed by atoms with Gasteiger partial charge in [0.05, 0.1) is 12.1 Å². The number of para-hydroxylation sites is 1. The lowest BCUT2D eigenvalue weighted by Crippen LogP contribution is -2.25. The van der Waals surface area contributed by atoms with Crippen molar-refractivity contribution in [3.05, 3.63) is 41.7 Å². The second kappa shape index (κ2) is 7.75. The summed E-state index contributed by atoms with van der Waals surface area (Å²) < 4.78 is 1.92. The number of carboxylic acid groups (broad SMARTS) is 1. The van der Waals surface area contributed by atoms with Gasteiger partial charge in [-0.05, 0) is 37.3 Å². The van der Waals surface area contributed by atoms with E-state index in [9.17, 15) is 4.79 Å². The summed E-state index contributed by atoms with van der Waals surface area (Å²) in [5, 5.41) is 18.9. The van der Waals surface area contributed by atoms with Gasteiger partial charge in [0.25, 0.3) is 6.47 Å². The summed E-state index contributed by atoms with van der Waals surface area (Å²) in [7, 11) is 0. The minimum Gasteiger partial charge on any atom is -0.483 e. The number of aromatic amines is 1. The summed E-state index contributed by atoms with van der Waals surface area (Å²) in [6, 6.07) is 8.32. The quantitative estimate of drug-likeness (QED) is 0.510. The van der Waals surface area contributed by atoms with Gasteiger partial charge in [0, 0.05) is 29.7 Å². The molecule has 0 saturated heterocycles. The van der Waals surface area contributed by atoms with E-state index in [4.69, 9.17) is 9.90 Å². The number of aryl methyl sites for hydroxylation is 2. The number of amides is 1. The van der Waals surface area contributed by atoms with Crippen molar-refractivity contribution in [2.45, 2.75) is 38.1 Å². The lowest BCUT2D eigenvalue weighted by molar-refractivity contribution is -0.123. The fourth-order valence-corrected chi connectivity index (χ4v) is 4.17. The molecule has 0 fully saturated rings. The van der Waals surface area contributed by atoms with Crippen molar-refractivity contribution in [3.8, 4) is 0 Å². The van der Waals surface area contributed by atoms with Crippen LogP contribution in [0.15, 0.2) is 30.5 Å². The number of benzene rings is 1. The van der Waals surface area contributed by atoms with Gasteiger partial charge in [-0.2, -0.15) is 5.10 Å². The summed E-state index contributed by atoms with van der Waals surface area (Å²) in [4.78, 5) is 24.8. The van der Waals surface area contributed by atoms with Crippen molar-refractivity contribution < 1.29 is 14.7 Å². The largest absolute Gasteiger partial charge is 0.483 e. The molecule has 5 rings (SSSR count). The highest BCUT2D eigenvalue weighted by Crippen LogP contribution is 2.37. The van der Waals surface area contributed by atoms with Gasteiger partial charge in [0.1, 0.15) is 11.5 Å². The lowest BCUT2D eigenvalue weighted by Gasteiger charge is -2.22. The Kier molecular flexibility index (Phi) is 5.01. The third-order valence-electron chi connectivity index (χ3n) is 5.37. The summed E-state index contributed by atoms with van der Waals surface area (Å²) in [5.74, 6) is 0.846. The van der Waals surface area contributed by atoms with Crippen LogP contribution in [0, 0.1) is 0 Å². The van der Waals surface area contributed by atoms with E-state index in [-0.39, 0.29) is 18.3 Å². The first-order valence-corrected chi connectivity index (χ1v) is 9.50. The van der Waals surface area contributed by atoms with E-state index >= 15 is 0 Å². The Morgan fingerprint density at radius 2 is 2.14 bits per heavy atom. The van der Waals surface area contributed by atoms with Crippen LogP contribution in [0.1, 0.15) is 36.4 Å². The van der Waals surface area contributed by atoms with Crippen LogP contribution in [-0.4, -0.2) is 38.8 Å². The lowest BCUT2D eigenvalue weighted by atomic mass is 9.86. The number of fused-ring (bicyclic) bond motifs is 4. The second-order valence-corrected chi connectivity index (χ2v) is 7.01. The van der Waals surface area contributed by atoms with Gasteiger partial charge in [0.2, 0.25) is 5.91 Å². The van der Waals surface area contributed by atoms with Gasteiger partial charge in [-0.3, -0.25) is 9.59 Å². The maximum Gasteiger partial charge on any atom is 0.290 e. The third kappa shape index (κ3) is 3.21. The Balaban J connectivity index is 0.000000604. The van der Waals surface area contributed by atoms with Gasteiger partial charge in [-0.15, -0.1) is 0 Å². The Morgan fingerprint density at radius 3 is 3.00 bits per heavy atom. The monoisotopic (exact) mass is 381 g/mol. The van der Waals surface area contributed by atoms with E-state index in [0.717, 1.165) is 61.5 Å². The molecular weight excluding hydrogens is 358 g/mol. The van der Waals surface area contributed by atoms with Crippen molar-refractivity contribution in [1.82, 2.24) is 14.8 Å². The summed E-state index contributed by atoms with van der Waals surface area (Å²) in [5.41, 5.74) is 4.29. The summed E-state index contributed by atoms with van der Waals surface area (Å²) in [6.45, 7) is 1.57. The van der Waals surface area contributed by atoms with E-state index in [1.165, 1.54) is 10.9 Å². The number of nitrogens with one attached hydrogen (secondary N) is 3. The van der Waals surface area contributed by atoms with E-state index < -0.39 is 0 Å². The van der Waals surface area contributed by atoms with Crippen LogP contribution >= 0.6 is 0 Å². The highest BCUT2D eigenvalue weighted by molar-refractivity contribution is 5.99. The van der Waals surface area contributed by atoms with Crippen LogP contribution in [0.25, 0.3) is 10.9 Å². The van der Waals surface area contributed by atoms with E-state index in [2.05, 4.69) is 38.9 Å². The number of hydrogen-bond donors (Lipinski definition) is 4. The molecule has 8 nitrogen and oxygen atoms in total. The van der Waals surface area contributed by atoms with Crippen molar-refractivity contribution >= 4 is 34.8 Å². The fourth-order valence-electron chi connectivity index (χ4n) is 4.17. The molecule has 28 heavy (non-hydrogen) atoms. The average Bonchev–Trinajstić information content (AvgIpc) is 3.30. The molecule has 2 aromatic heterocycles. The molecular formula is C20H23N5O3. The first kappa shape index (κ1) is 18.1. The molecule has 1 aliphatic carbocycles. The van der Waals surface area contributed by atoms with Crippen molar-refractivity contribution in [1.29, 1.82) is 0 Å². The zero-order valence-corrected chi connectivity index (χ0v) is 15.4.